The maximum Gasteiger partial charge on any atom is 0.387 e. The molecule has 0 amide bonds. The molecule has 0 fully saturated rings. The fraction of sp³-hybridized carbons (Fsp3) is 0.133. The Bertz CT molecular complexity index is 936. The van der Waals surface area contributed by atoms with E-state index in [0.717, 1.165) is 0 Å². The van der Waals surface area contributed by atoms with Crippen LogP contribution in [0.25, 0.3) is 10.2 Å². The van der Waals surface area contributed by atoms with Crippen molar-refractivity contribution in [2.45, 2.75) is 16.7 Å². The number of hydrogen-bond donors (Lipinski definition) is 0. The number of thioether (sulfide) groups is 1. The van der Waals surface area contributed by atoms with E-state index >= 15 is 0 Å². The van der Waals surface area contributed by atoms with Crippen LogP contribution in [0, 0.1) is 10.1 Å². The highest BCUT2D eigenvalue weighted by atomic mass is 35.5. The van der Waals surface area contributed by atoms with Crippen LogP contribution in [-0.2, 0) is 5.75 Å². The van der Waals surface area contributed by atoms with Gasteiger partial charge in [0.05, 0.1) is 15.1 Å². The standard InChI is InChI=1S/C15H9ClF2N2O3S2/c16-9-1-4-12(23-14(17)18)8(5-9)7-24-15-19-11-3-2-10(20(21)22)6-13(11)25-15/h1-6,14H,7H2. The van der Waals surface area contributed by atoms with Gasteiger partial charge in [0.25, 0.3) is 5.69 Å². The lowest BCUT2D eigenvalue weighted by Gasteiger charge is -2.10. The molecule has 5 nitrogen and oxygen atoms in total. The van der Waals surface area contributed by atoms with Crippen molar-refractivity contribution >= 4 is 50.6 Å². The predicted molar refractivity (Wildman–Crippen MR) is 93.9 cm³/mol. The van der Waals surface area contributed by atoms with Crippen molar-refractivity contribution in [1.82, 2.24) is 4.98 Å². The zero-order valence-electron chi connectivity index (χ0n) is 12.3. The molecule has 0 radical (unpaired) electrons. The van der Waals surface area contributed by atoms with Gasteiger partial charge in [-0.1, -0.05) is 23.4 Å². The van der Waals surface area contributed by atoms with Crippen molar-refractivity contribution in [2.75, 3.05) is 0 Å². The number of thiazole rings is 1. The summed E-state index contributed by atoms with van der Waals surface area (Å²) < 4.78 is 30.8. The van der Waals surface area contributed by atoms with E-state index in [9.17, 15) is 18.9 Å². The number of fused-ring (bicyclic) bond motifs is 1. The summed E-state index contributed by atoms with van der Waals surface area (Å²) in [6, 6.07) is 8.86. The molecule has 0 aliphatic heterocycles. The van der Waals surface area contributed by atoms with Gasteiger partial charge in [0.15, 0.2) is 4.34 Å². The van der Waals surface area contributed by atoms with Crippen LogP contribution < -0.4 is 4.74 Å². The van der Waals surface area contributed by atoms with E-state index in [-0.39, 0.29) is 11.4 Å². The maximum absolute atomic E-state index is 12.5. The molecule has 3 aromatic rings. The van der Waals surface area contributed by atoms with E-state index in [2.05, 4.69) is 9.72 Å². The van der Waals surface area contributed by atoms with E-state index in [1.807, 2.05) is 0 Å². The highest BCUT2D eigenvalue weighted by Gasteiger charge is 2.13. The van der Waals surface area contributed by atoms with Crippen LogP contribution in [-0.4, -0.2) is 16.5 Å². The molecule has 0 unspecified atom stereocenters. The molecule has 3 rings (SSSR count). The fourth-order valence-corrected chi connectivity index (χ4v) is 4.35. The van der Waals surface area contributed by atoms with Crippen molar-refractivity contribution in [3.05, 3.63) is 57.1 Å². The van der Waals surface area contributed by atoms with Crippen molar-refractivity contribution in [3.63, 3.8) is 0 Å². The first kappa shape index (κ1) is 17.8. The average Bonchev–Trinajstić information content (AvgIpc) is 2.96. The lowest BCUT2D eigenvalue weighted by Crippen LogP contribution is -2.04. The summed E-state index contributed by atoms with van der Waals surface area (Å²) in [6.45, 7) is -2.92. The molecule has 130 valence electrons. The summed E-state index contributed by atoms with van der Waals surface area (Å²) in [5.74, 6) is 0.383. The van der Waals surface area contributed by atoms with Gasteiger partial charge in [-0.2, -0.15) is 8.78 Å². The Morgan fingerprint density at radius 2 is 2.12 bits per heavy atom. The van der Waals surface area contributed by atoms with Crippen molar-refractivity contribution in [2.24, 2.45) is 0 Å². The number of nitro groups is 1. The largest absolute Gasteiger partial charge is 0.435 e. The molecule has 0 spiro atoms. The second-order valence-electron chi connectivity index (χ2n) is 4.81. The van der Waals surface area contributed by atoms with Crippen LogP contribution >= 0.6 is 34.7 Å². The molecular formula is C15H9ClF2N2O3S2. The normalized spacial score (nSPS) is 11.2. The van der Waals surface area contributed by atoms with Crippen molar-refractivity contribution in [1.29, 1.82) is 0 Å². The number of hydrogen-bond acceptors (Lipinski definition) is 6. The molecule has 0 aliphatic carbocycles. The molecule has 2 aromatic carbocycles. The van der Waals surface area contributed by atoms with Gasteiger partial charge in [0, 0.05) is 28.5 Å². The van der Waals surface area contributed by atoms with Crippen molar-refractivity contribution < 1.29 is 18.4 Å². The summed E-state index contributed by atoms with van der Waals surface area (Å²) in [4.78, 5) is 14.7. The highest BCUT2D eigenvalue weighted by molar-refractivity contribution is 8.00. The molecule has 0 bridgehead atoms. The van der Waals surface area contributed by atoms with Crippen LogP contribution in [0.1, 0.15) is 5.56 Å². The number of ether oxygens (including phenoxy) is 1. The maximum atomic E-state index is 12.5. The lowest BCUT2D eigenvalue weighted by atomic mass is 10.2. The molecular weight excluding hydrogens is 394 g/mol. The Labute approximate surface area is 153 Å². The molecule has 0 saturated heterocycles. The molecule has 0 saturated carbocycles. The summed E-state index contributed by atoms with van der Waals surface area (Å²) in [6.07, 6.45) is 0. The molecule has 25 heavy (non-hydrogen) atoms. The van der Waals surface area contributed by atoms with Gasteiger partial charge in [-0.25, -0.2) is 4.98 Å². The van der Waals surface area contributed by atoms with Crippen molar-refractivity contribution in [3.8, 4) is 5.75 Å². The summed E-state index contributed by atoms with van der Waals surface area (Å²) >= 11 is 8.53. The third-order valence-electron chi connectivity index (χ3n) is 3.15. The molecule has 0 N–H and O–H groups in total. The van der Waals surface area contributed by atoms with E-state index < -0.39 is 11.5 Å². The number of aromatic nitrogens is 1. The first-order valence-electron chi connectivity index (χ1n) is 6.83. The number of alkyl halides is 2. The summed E-state index contributed by atoms with van der Waals surface area (Å²) in [7, 11) is 0. The Morgan fingerprint density at radius 3 is 2.84 bits per heavy atom. The summed E-state index contributed by atoms with van der Waals surface area (Å²) in [5.41, 5.74) is 1.16. The zero-order valence-corrected chi connectivity index (χ0v) is 14.7. The number of nitrogens with zero attached hydrogens (tertiary/aromatic N) is 2. The van der Waals surface area contributed by atoms with Gasteiger partial charge in [-0.05, 0) is 24.3 Å². The zero-order chi connectivity index (χ0) is 18.0. The van der Waals surface area contributed by atoms with E-state index in [0.29, 0.717) is 30.9 Å². The SMILES string of the molecule is O=[N+]([O-])c1ccc2nc(SCc3cc(Cl)ccc3OC(F)F)sc2c1. The first-order chi connectivity index (χ1) is 11.9. The number of halogens is 3. The third kappa shape index (κ3) is 4.36. The topological polar surface area (TPSA) is 65.3 Å². The van der Waals surface area contributed by atoms with Gasteiger partial charge in [-0.3, -0.25) is 10.1 Å². The second-order valence-corrected chi connectivity index (χ2v) is 7.50. The smallest absolute Gasteiger partial charge is 0.387 e. The molecule has 0 atom stereocenters. The number of nitro benzene ring substituents is 1. The highest BCUT2D eigenvalue weighted by Crippen LogP contribution is 2.35. The monoisotopic (exact) mass is 402 g/mol. The average molecular weight is 403 g/mol. The first-order valence-corrected chi connectivity index (χ1v) is 9.01. The fourth-order valence-electron chi connectivity index (χ4n) is 2.08. The second kappa shape index (κ2) is 7.51. The number of benzene rings is 2. The Balaban J connectivity index is 1.80. The van der Waals surface area contributed by atoms with Crippen LogP contribution in [0.2, 0.25) is 5.02 Å². The Morgan fingerprint density at radius 1 is 1.32 bits per heavy atom. The minimum absolute atomic E-state index is 0.00448. The Kier molecular flexibility index (Phi) is 5.36. The minimum atomic E-state index is -2.92. The van der Waals surface area contributed by atoms with Gasteiger partial charge >= 0.3 is 6.61 Å². The van der Waals surface area contributed by atoms with Gasteiger partial charge in [0.2, 0.25) is 0 Å². The number of non-ortho nitro benzene ring substituents is 1. The molecule has 1 aromatic heterocycles. The van der Waals surface area contributed by atoms with Gasteiger partial charge in [-0.15, -0.1) is 11.3 Å². The third-order valence-corrected chi connectivity index (χ3v) is 5.60. The van der Waals surface area contributed by atoms with Crippen LogP contribution in [0.15, 0.2) is 40.7 Å². The summed E-state index contributed by atoms with van der Waals surface area (Å²) in [5, 5.41) is 11.2. The quantitative estimate of drug-likeness (QED) is 0.298. The van der Waals surface area contributed by atoms with Crippen LogP contribution in [0.5, 0.6) is 5.75 Å². The Hall–Kier alpha value is -1.97. The van der Waals surface area contributed by atoms with Gasteiger partial charge in [0.1, 0.15) is 5.75 Å². The van der Waals surface area contributed by atoms with E-state index in [1.165, 1.54) is 47.4 Å². The minimum Gasteiger partial charge on any atom is -0.435 e. The number of rotatable bonds is 6. The molecule has 0 aliphatic rings. The molecule has 10 heteroatoms. The van der Waals surface area contributed by atoms with Crippen LogP contribution in [0.4, 0.5) is 14.5 Å². The molecule has 1 heterocycles. The van der Waals surface area contributed by atoms with E-state index in [1.54, 1.807) is 12.1 Å². The van der Waals surface area contributed by atoms with Crippen LogP contribution in [0.3, 0.4) is 0 Å². The lowest BCUT2D eigenvalue weighted by molar-refractivity contribution is -0.384. The van der Waals surface area contributed by atoms with E-state index in [4.69, 9.17) is 11.6 Å². The predicted octanol–water partition coefficient (Wildman–Crippen LogP) is 5.75. The van der Waals surface area contributed by atoms with Gasteiger partial charge < -0.3 is 4.74 Å².